The van der Waals surface area contributed by atoms with Gasteiger partial charge in [-0.25, -0.2) is 0 Å². The van der Waals surface area contributed by atoms with E-state index in [0.29, 0.717) is 0 Å². The second kappa shape index (κ2) is 6.69. The summed E-state index contributed by atoms with van der Waals surface area (Å²) in [6, 6.07) is 36.6. The highest BCUT2D eigenvalue weighted by Gasteiger charge is 2.25. The summed E-state index contributed by atoms with van der Waals surface area (Å²) < 4.78 is 7.38. The number of para-hydroxylation sites is 1. The van der Waals surface area contributed by atoms with Crippen molar-refractivity contribution in [3.05, 3.63) is 108 Å². The summed E-state index contributed by atoms with van der Waals surface area (Å²) in [6.07, 6.45) is 0. The first-order valence-electron chi connectivity index (χ1n) is 10.7. The number of rotatable bonds is 0. The standard InChI is InChI=1S/C30H17BrO/c31-25-14-7-13-20-18-8-1-2-9-19(18)23-16-17-27-30(24-12-5-6-15-26(24)32-27)29(23)22-11-4-3-10-21(22)28(20)25/h1-17H. The minimum atomic E-state index is 0.921. The van der Waals surface area contributed by atoms with Crippen molar-refractivity contribution in [2.24, 2.45) is 0 Å². The molecule has 1 aliphatic rings. The summed E-state index contributed by atoms with van der Waals surface area (Å²) in [5, 5.41) is 2.33. The van der Waals surface area contributed by atoms with Crippen LogP contribution in [0, 0.1) is 0 Å². The van der Waals surface area contributed by atoms with Gasteiger partial charge in [-0.1, -0.05) is 94.8 Å². The van der Waals surface area contributed by atoms with Crippen LogP contribution in [0.3, 0.4) is 0 Å². The van der Waals surface area contributed by atoms with Crippen LogP contribution in [-0.4, -0.2) is 0 Å². The van der Waals surface area contributed by atoms with Gasteiger partial charge < -0.3 is 4.42 Å². The smallest absolute Gasteiger partial charge is 0.136 e. The van der Waals surface area contributed by atoms with Crippen molar-refractivity contribution >= 4 is 37.9 Å². The molecular formula is C30H17BrO. The van der Waals surface area contributed by atoms with E-state index in [-0.39, 0.29) is 0 Å². The lowest BCUT2D eigenvalue weighted by Gasteiger charge is -2.24. The molecule has 1 nitrogen and oxygen atoms in total. The van der Waals surface area contributed by atoms with Crippen LogP contribution in [0.5, 0.6) is 0 Å². The second-order valence-electron chi connectivity index (χ2n) is 8.21. The van der Waals surface area contributed by atoms with Crippen molar-refractivity contribution in [2.75, 3.05) is 0 Å². The summed E-state index contributed by atoms with van der Waals surface area (Å²) in [6.45, 7) is 0. The van der Waals surface area contributed by atoms with E-state index in [9.17, 15) is 0 Å². The lowest BCUT2D eigenvalue weighted by molar-refractivity contribution is 0.669. The predicted molar refractivity (Wildman–Crippen MR) is 137 cm³/mol. The van der Waals surface area contributed by atoms with Gasteiger partial charge in [0.25, 0.3) is 0 Å². The van der Waals surface area contributed by atoms with Crippen LogP contribution in [0.4, 0.5) is 0 Å². The first kappa shape index (κ1) is 18.0. The van der Waals surface area contributed by atoms with Crippen molar-refractivity contribution in [3.63, 3.8) is 0 Å². The Hall–Kier alpha value is -3.62. The number of fused-ring (bicyclic) bond motifs is 12. The van der Waals surface area contributed by atoms with Gasteiger partial charge in [0.1, 0.15) is 11.2 Å². The Morgan fingerprint density at radius 2 is 1.03 bits per heavy atom. The van der Waals surface area contributed by atoms with Crippen LogP contribution in [-0.2, 0) is 0 Å². The zero-order valence-electron chi connectivity index (χ0n) is 17.1. The molecule has 150 valence electrons. The number of benzene rings is 5. The van der Waals surface area contributed by atoms with Gasteiger partial charge in [0.05, 0.1) is 0 Å². The van der Waals surface area contributed by atoms with Crippen molar-refractivity contribution in [1.29, 1.82) is 0 Å². The van der Waals surface area contributed by atoms with Crippen molar-refractivity contribution in [2.45, 2.75) is 0 Å². The fourth-order valence-electron chi connectivity index (χ4n) is 5.22. The Morgan fingerprint density at radius 3 is 1.81 bits per heavy atom. The molecule has 0 atom stereocenters. The minimum absolute atomic E-state index is 0.921. The Labute approximate surface area is 194 Å². The van der Waals surface area contributed by atoms with Crippen LogP contribution in [0.2, 0.25) is 0 Å². The first-order valence-corrected chi connectivity index (χ1v) is 11.5. The molecule has 0 amide bonds. The third-order valence-corrected chi connectivity index (χ3v) is 7.19. The lowest BCUT2D eigenvalue weighted by Crippen LogP contribution is -1.98. The predicted octanol–water partition coefficient (Wildman–Crippen LogP) is 9.33. The summed E-state index contributed by atoms with van der Waals surface area (Å²) in [4.78, 5) is 0. The van der Waals surface area contributed by atoms with Crippen LogP contribution in [0.1, 0.15) is 0 Å². The number of halogens is 1. The van der Waals surface area contributed by atoms with E-state index < -0.39 is 0 Å². The Balaban J connectivity index is 1.77. The Bertz CT molecular complexity index is 1690. The summed E-state index contributed by atoms with van der Waals surface area (Å²) in [5.41, 5.74) is 11.7. The number of hydrogen-bond donors (Lipinski definition) is 0. The molecule has 1 heterocycles. The Morgan fingerprint density at radius 1 is 0.438 bits per heavy atom. The molecular weight excluding hydrogens is 456 g/mol. The van der Waals surface area contributed by atoms with Gasteiger partial charge in [-0.05, 0) is 57.6 Å². The third-order valence-electron chi connectivity index (χ3n) is 6.53. The lowest BCUT2D eigenvalue weighted by atomic mass is 9.79. The maximum Gasteiger partial charge on any atom is 0.136 e. The fourth-order valence-corrected chi connectivity index (χ4v) is 5.79. The molecule has 1 aromatic heterocycles. The molecule has 0 spiro atoms. The molecule has 0 N–H and O–H groups in total. The van der Waals surface area contributed by atoms with Crippen LogP contribution in [0.25, 0.3) is 66.4 Å². The van der Waals surface area contributed by atoms with Gasteiger partial charge in [0.15, 0.2) is 0 Å². The average Bonchev–Trinajstić information content (AvgIpc) is 3.21. The normalized spacial score (nSPS) is 11.9. The van der Waals surface area contributed by atoms with Crippen molar-refractivity contribution < 1.29 is 4.42 Å². The van der Waals surface area contributed by atoms with Gasteiger partial charge in [0.2, 0.25) is 0 Å². The molecule has 7 rings (SSSR count). The van der Waals surface area contributed by atoms with Crippen molar-refractivity contribution in [1.82, 2.24) is 0 Å². The Kier molecular flexibility index (Phi) is 3.76. The highest BCUT2D eigenvalue weighted by Crippen LogP contribution is 2.52. The van der Waals surface area contributed by atoms with Crippen LogP contribution >= 0.6 is 15.9 Å². The van der Waals surface area contributed by atoms with E-state index in [4.69, 9.17) is 4.42 Å². The maximum absolute atomic E-state index is 6.28. The molecule has 0 saturated heterocycles. The molecule has 0 radical (unpaired) electrons. The largest absolute Gasteiger partial charge is 0.456 e. The second-order valence-corrected chi connectivity index (χ2v) is 9.07. The topological polar surface area (TPSA) is 13.1 Å². The zero-order valence-corrected chi connectivity index (χ0v) is 18.7. The molecule has 6 aromatic rings. The summed E-state index contributed by atoms with van der Waals surface area (Å²) in [7, 11) is 0. The quantitative estimate of drug-likeness (QED) is 0.214. The molecule has 1 aliphatic carbocycles. The molecule has 0 saturated carbocycles. The molecule has 0 unspecified atom stereocenters. The SMILES string of the molecule is Brc1cccc2c1-c1ccccc1-c1c(ccc3oc4ccccc4c13)-c1ccccc1-2. The number of furan rings is 1. The monoisotopic (exact) mass is 472 g/mol. The van der Waals surface area contributed by atoms with E-state index in [0.717, 1.165) is 21.0 Å². The first-order chi connectivity index (χ1) is 15.8. The highest BCUT2D eigenvalue weighted by atomic mass is 79.9. The third kappa shape index (κ3) is 2.39. The van der Waals surface area contributed by atoms with Gasteiger partial charge >= 0.3 is 0 Å². The molecule has 0 bridgehead atoms. The molecule has 5 aromatic carbocycles. The van der Waals surface area contributed by atoms with E-state index in [1.54, 1.807) is 0 Å². The van der Waals surface area contributed by atoms with E-state index >= 15 is 0 Å². The molecule has 2 heteroatoms. The summed E-state index contributed by atoms with van der Waals surface area (Å²) in [5.74, 6) is 0. The van der Waals surface area contributed by atoms with Gasteiger partial charge in [0, 0.05) is 26.4 Å². The van der Waals surface area contributed by atoms with Gasteiger partial charge in [-0.15, -0.1) is 0 Å². The summed E-state index contributed by atoms with van der Waals surface area (Å²) >= 11 is 3.87. The molecule has 0 fully saturated rings. The van der Waals surface area contributed by atoms with Gasteiger partial charge in [-0.3, -0.25) is 0 Å². The van der Waals surface area contributed by atoms with E-state index in [2.05, 4.69) is 113 Å². The number of hydrogen-bond acceptors (Lipinski definition) is 1. The van der Waals surface area contributed by atoms with Crippen LogP contribution in [0.15, 0.2) is 112 Å². The fraction of sp³-hybridized carbons (Fsp3) is 0. The molecule has 32 heavy (non-hydrogen) atoms. The van der Waals surface area contributed by atoms with E-state index in [1.165, 1.54) is 49.9 Å². The van der Waals surface area contributed by atoms with Crippen molar-refractivity contribution in [3.8, 4) is 44.5 Å². The molecule has 0 aliphatic heterocycles. The zero-order chi connectivity index (χ0) is 21.2. The van der Waals surface area contributed by atoms with E-state index in [1.807, 2.05) is 6.07 Å². The highest BCUT2D eigenvalue weighted by molar-refractivity contribution is 9.10. The minimum Gasteiger partial charge on any atom is -0.456 e. The average molecular weight is 473 g/mol. The van der Waals surface area contributed by atoms with Gasteiger partial charge in [-0.2, -0.15) is 0 Å². The van der Waals surface area contributed by atoms with Crippen LogP contribution < -0.4 is 0 Å². The maximum atomic E-state index is 6.28.